The van der Waals surface area contributed by atoms with E-state index in [2.05, 4.69) is 10.2 Å². The highest BCUT2D eigenvalue weighted by Gasteiger charge is 2.26. The van der Waals surface area contributed by atoms with E-state index in [1.807, 2.05) is 42.5 Å². The lowest BCUT2D eigenvalue weighted by molar-refractivity contribution is 0.199. The van der Waals surface area contributed by atoms with Gasteiger partial charge in [-0.2, -0.15) is 10.6 Å². The summed E-state index contributed by atoms with van der Waals surface area (Å²) in [6, 6.07) is 15.3. The van der Waals surface area contributed by atoms with Crippen molar-refractivity contribution in [2.75, 3.05) is 35.6 Å². The minimum absolute atomic E-state index is 0.265. The van der Waals surface area contributed by atoms with Gasteiger partial charge in [-0.1, -0.05) is 24.3 Å². The summed E-state index contributed by atoms with van der Waals surface area (Å²) >= 11 is 0. The zero-order valence-corrected chi connectivity index (χ0v) is 18.5. The van der Waals surface area contributed by atoms with Crippen LogP contribution in [0.4, 0.5) is 11.5 Å². The average molecular weight is 443 g/mol. The number of benzene rings is 2. The molecule has 0 amide bonds. The maximum absolute atomic E-state index is 10.7. The van der Waals surface area contributed by atoms with Crippen LogP contribution in [0.1, 0.15) is 30.6 Å². The second-order valence-electron chi connectivity index (χ2n) is 7.95. The number of anilines is 2. The third kappa shape index (κ3) is 4.63. The second-order valence-corrected chi connectivity index (χ2v) is 10.1. The number of nitrogens with zero attached hydrogens (tertiary/aromatic N) is 2. The molecule has 0 saturated heterocycles. The molecule has 2 heterocycles. The quantitative estimate of drug-likeness (QED) is 0.364. The third-order valence-corrected chi connectivity index (χ3v) is 7.51. The molecule has 0 spiro atoms. The van der Waals surface area contributed by atoms with Crippen LogP contribution in [0.25, 0.3) is 10.9 Å². The normalized spacial score (nSPS) is 17.6. The number of hydrogen-bond donors (Lipinski definition) is 5. The maximum atomic E-state index is 10.7. The summed E-state index contributed by atoms with van der Waals surface area (Å²) in [5.74, 6) is 1.04. The molecule has 0 saturated carbocycles. The third-order valence-electron chi connectivity index (χ3n) is 5.65. The zero-order chi connectivity index (χ0) is 22.0. The van der Waals surface area contributed by atoms with Crippen LogP contribution in [0.5, 0.6) is 0 Å². The second kappa shape index (κ2) is 9.02. The Morgan fingerprint density at radius 1 is 1.19 bits per heavy atom. The molecule has 8 heteroatoms. The molecule has 6 N–H and O–H groups in total. The molecule has 0 aliphatic carbocycles. The molecule has 2 aromatic carbocycles. The molecular weight excluding hydrogens is 412 g/mol. The molecule has 31 heavy (non-hydrogen) atoms. The maximum Gasteiger partial charge on any atom is 0.131 e. The smallest absolute Gasteiger partial charge is 0.131 e. The van der Waals surface area contributed by atoms with Crippen molar-refractivity contribution in [2.45, 2.75) is 30.9 Å². The van der Waals surface area contributed by atoms with Crippen LogP contribution in [0.2, 0.25) is 0 Å². The van der Waals surface area contributed by atoms with E-state index in [1.165, 1.54) is 0 Å². The van der Waals surface area contributed by atoms with Crippen LogP contribution in [-0.2, 0) is 6.54 Å². The van der Waals surface area contributed by atoms with Crippen molar-refractivity contribution in [1.82, 2.24) is 4.98 Å². The Hall–Kier alpha value is -2.36. The van der Waals surface area contributed by atoms with Crippen molar-refractivity contribution in [1.29, 1.82) is 0 Å². The molecule has 1 aliphatic rings. The summed E-state index contributed by atoms with van der Waals surface area (Å²) in [4.78, 5) is 7.60. The Morgan fingerprint density at radius 2 is 2.00 bits per heavy atom. The average Bonchev–Trinajstić information content (AvgIpc) is 2.89. The summed E-state index contributed by atoms with van der Waals surface area (Å²) in [6.07, 6.45) is 0.279. The van der Waals surface area contributed by atoms with E-state index in [0.717, 1.165) is 46.5 Å². The summed E-state index contributed by atoms with van der Waals surface area (Å²) < 4.78 is 21.3. The van der Waals surface area contributed by atoms with Crippen LogP contribution in [0.15, 0.2) is 53.4 Å². The first-order valence-electron chi connectivity index (χ1n) is 10.5. The molecule has 166 valence electrons. The van der Waals surface area contributed by atoms with Crippen molar-refractivity contribution in [2.24, 2.45) is 5.73 Å². The fraction of sp³-hybridized carbons (Fsp3) is 0.348. The van der Waals surface area contributed by atoms with Gasteiger partial charge in [-0.25, -0.2) is 4.98 Å². The van der Waals surface area contributed by atoms with E-state index < -0.39 is 16.7 Å². The highest BCUT2D eigenvalue weighted by molar-refractivity contribution is 8.24. The lowest BCUT2D eigenvalue weighted by Gasteiger charge is -2.32. The summed E-state index contributed by atoms with van der Waals surface area (Å²) in [5, 5.41) is 14.4. The number of pyridine rings is 1. The van der Waals surface area contributed by atoms with Crippen LogP contribution < -0.4 is 16.0 Å². The predicted molar refractivity (Wildman–Crippen MR) is 128 cm³/mol. The van der Waals surface area contributed by atoms with Crippen molar-refractivity contribution >= 4 is 33.0 Å². The van der Waals surface area contributed by atoms with Crippen LogP contribution in [0, 0.1) is 0 Å². The molecule has 4 rings (SSSR count). The van der Waals surface area contributed by atoms with Crippen molar-refractivity contribution < 1.29 is 14.2 Å². The van der Waals surface area contributed by atoms with Gasteiger partial charge in [0, 0.05) is 36.8 Å². The number of aromatic nitrogens is 1. The van der Waals surface area contributed by atoms with E-state index in [1.54, 1.807) is 13.0 Å². The van der Waals surface area contributed by atoms with Crippen molar-refractivity contribution in [3.63, 3.8) is 0 Å². The minimum atomic E-state index is -2.83. The molecular formula is C23H30N4O3S. The highest BCUT2D eigenvalue weighted by Crippen LogP contribution is 2.51. The molecule has 1 aliphatic heterocycles. The summed E-state index contributed by atoms with van der Waals surface area (Å²) in [6.45, 7) is 4.12. The van der Waals surface area contributed by atoms with Gasteiger partial charge in [0.2, 0.25) is 0 Å². The lowest BCUT2D eigenvalue weighted by atomic mass is 10.1. The first-order chi connectivity index (χ1) is 14.9. The van der Waals surface area contributed by atoms with Crippen LogP contribution in [-0.4, -0.2) is 44.6 Å². The Labute approximate surface area is 184 Å². The van der Waals surface area contributed by atoms with E-state index in [9.17, 15) is 14.2 Å². The first kappa shape index (κ1) is 21.9. The Balaban J connectivity index is 1.76. The fourth-order valence-electron chi connectivity index (χ4n) is 3.90. The molecule has 0 bridgehead atoms. The Kier molecular flexibility index (Phi) is 6.36. The van der Waals surface area contributed by atoms with Crippen molar-refractivity contribution in [3.05, 3.63) is 59.7 Å². The lowest BCUT2D eigenvalue weighted by Crippen LogP contribution is -2.26. The largest absolute Gasteiger partial charge is 0.389 e. The topological polar surface area (TPSA) is 115 Å². The van der Waals surface area contributed by atoms with Gasteiger partial charge in [-0.3, -0.25) is 9.11 Å². The molecule has 1 unspecified atom stereocenters. The van der Waals surface area contributed by atoms with Gasteiger partial charge in [0.25, 0.3) is 0 Å². The van der Waals surface area contributed by atoms with Crippen LogP contribution in [0.3, 0.4) is 0 Å². The van der Waals surface area contributed by atoms with Crippen molar-refractivity contribution in [3.8, 4) is 0 Å². The minimum Gasteiger partial charge on any atom is -0.389 e. The first-order valence-corrected chi connectivity index (χ1v) is 12.3. The number of nitrogens with two attached hydrogens (primary N) is 1. The molecule has 0 radical (unpaired) electrons. The number of aliphatic hydroxyl groups excluding tert-OH is 1. The van der Waals surface area contributed by atoms with Gasteiger partial charge in [0.15, 0.2) is 0 Å². The molecule has 7 nitrogen and oxygen atoms in total. The molecule has 0 fully saturated rings. The highest BCUT2D eigenvalue weighted by atomic mass is 32.3. The fourth-order valence-corrected chi connectivity index (χ4v) is 5.45. The summed E-state index contributed by atoms with van der Waals surface area (Å²) in [5.41, 5.74) is 9.16. The van der Waals surface area contributed by atoms with Gasteiger partial charge in [0.1, 0.15) is 5.82 Å². The number of rotatable bonds is 6. The molecule has 1 aromatic heterocycles. The Morgan fingerprint density at radius 3 is 2.77 bits per heavy atom. The van der Waals surface area contributed by atoms with Crippen LogP contribution >= 0.6 is 10.6 Å². The van der Waals surface area contributed by atoms with E-state index in [-0.39, 0.29) is 5.75 Å². The van der Waals surface area contributed by atoms with E-state index in [0.29, 0.717) is 24.5 Å². The number of aliphatic hydroxyl groups is 1. The van der Waals surface area contributed by atoms with E-state index >= 15 is 0 Å². The van der Waals surface area contributed by atoms with E-state index in [4.69, 9.17) is 10.7 Å². The van der Waals surface area contributed by atoms with Gasteiger partial charge in [0.05, 0.1) is 22.3 Å². The number of hydrogen-bond acceptors (Lipinski definition) is 7. The standard InChI is InChI=1S/C23H30N4O3S/c1-16(28)17-7-8-20-19(13-17)21(25-10-4-9-24)14-23(26-20)27-11-12-31(29,30)22-6-3-2-5-18(22)15-27/h2-3,5-8,13-14,16,28-30H,4,9-12,15,24H2,1H3,(H,25,26). The predicted octanol–water partition coefficient (Wildman–Crippen LogP) is 4.18. The SMILES string of the molecule is CC(O)c1ccc2nc(N3CCS(O)(O)c4ccccc4C3)cc(NCCCN)c2c1. The van der Waals surface area contributed by atoms with Gasteiger partial charge >= 0.3 is 0 Å². The van der Waals surface area contributed by atoms with Gasteiger partial charge in [-0.15, -0.1) is 0 Å². The monoisotopic (exact) mass is 442 g/mol. The molecule has 1 atom stereocenters. The van der Waals surface area contributed by atoms with Gasteiger partial charge in [-0.05, 0) is 49.2 Å². The summed E-state index contributed by atoms with van der Waals surface area (Å²) in [7, 11) is -2.83. The molecule has 3 aromatic rings. The Bertz CT molecular complexity index is 1070. The van der Waals surface area contributed by atoms with Gasteiger partial charge < -0.3 is 21.1 Å². The zero-order valence-electron chi connectivity index (χ0n) is 17.7. The number of fused-ring (bicyclic) bond motifs is 2. The number of nitrogens with one attached hydrogen (secondary N) is 1.